The minimum atomic E-state index is -0.180. The van der Waals surface area contributed by atoms with Gasteiger partial charge in [-0.15, -0.1) is 0 Å². The highest BCUT2D eigenvalue weighted by atomic mass is 35.5. The number of anilines is 1. The molecule has 0 aromatic heterocycles. The summed E-state index contributed by atoms with van der Waals surface area (Å²) in [6.07, 6.45) is 1.72. The van der Waals surface area contributed by atoms with Gasteiger partial charge in [0.1, 0.15) is 5.75 Å². The number of carbonyl (C=O) groups excluding carboxylic acids is 1. The van der Waals surface area contributed by atoms with Crippen molar-refractivity contribution in [1.82, 2.24) is 0 Å². The van der Waals surface area contributed by atoms with E-state index >= 15 is 0 Å². The molecule has 6 heteroatoms. The Morgan fingerprint density at radius 1 is 1.18 bits per heavy atom. The van der Waals surface area contributed by atoms with Crippen LogP contribution < -0.4 is 4.90 Å². The number of benzene rings is 2. The summed E-state index contributed by atoms with van der Waals surface area (Å²) in [5.41, 5.74) is 1.43. The molecule has 0 bridgehead atoms. The predicted molar refractivity (Wildman–Crippen MR) is 95.2 cm³/mol. The Morgan fingerprint density at radius 2 is 1.91 bits per heavy atom. The van der Waals surface area contributed by atoms with Crippen LogP contribution in [0, 0.1) is 0 Å². The zero-order valence-corrected chi connectivity index (χ0v) is 13.6. The first-order chi connectivity index (χ1) is 10.5. The number of hydrogen-bond acceptors (Lipinski definition) is 4. The smallest absolute Gasteiger partial charge is 0.270 e. The lowest BCUT2D eigenvalue weighted by Gasteiger charge is -2.14. The van der Waals surface area contributed by atoms with E-state index in [1.165, 1.54) is 16.7 Å². The van der Waals surface area contributed by atoms with Crippen LogP contribution in [-0.2, 0) is 4.79 Å². The van der Waals surface area contributed by atoms with Gasteiger partial charge in [0.2, 0.25) is 0 Å². The number of halogens is 1. The second-order valence-corrected chi connectivity index (χ2v) is 6.70. The first-order valence-electron chi connectivity index (χ1n) is 6.37. The molecule has 0 saturated carbocycles. The van der Waals surface area contributed by atoms with Gasteiger partial charge in [-0.25, -0.2) is 0 Å². The maximum Gasteiger partial charge on any atom is 0.270 e. The van der Waals surface area contributed by atoms with Gasteiger partial charge in [0.25, 0.3) is 5.91 Å². The molecule has 2 aromatic rings. The van der Waals surface area contributed by atoms with Gasteiger partial charge in [0.15, 0.2) is 4.32 Å². The minimum Gasteiger partial charge on any atom is -0.508 e. The summed E-state index contributed by atoms with van der Waals surface area (Å²) in [6.45, 7) is 0. The minimum absolute atomic E-state index is 0.155. The molecule has 1 amide bonds. The Balaban J connectivity index is 1.93. The Hall–Kier alpha value is -1.82. The quantitative estimate of drug-likeness (QED) is 0.643. The number of thioether (sulfide) groups is 1. The molecule has 1 heterocycles. The van der Waals surface area contributed by atoms with E-state index in [1.54, 1.807) is 48.5 Å². The monoisotopic (exact) mass is 347 g/mol. The first kappa shape index (κ1) is 15.1. The summed E-state index contributed by atoms with van der Waals surface area (Å²) in [4.78, 5) is 14.5. The van der Waals surface area contributed by atoms with Gasteiger partial charge in [0.05, 0.1) is 10.6 Å². The lowest BCUT2D eigenvalue weighted by atomic mass is 10.2. The average molecular weight is 348 g/mol. The second-order valence-electron chi connectivity index (χ2n) is 4.59. The number of carbonyl (C=O) groups is 1. The fourth-order valence-corrected chi connectivity index (χ4v) is 3.47. The van der Waals surface area contributed by atoms with Crippen molar-refractivity contribution in [2.75, 3.05) is 4.90 Å². The van der Waals surface area contributed by atoms with Crippen LogP contribution in [0.1, 0.15) is 5.56 Å². The Labute approximate surface area is 142 Å². The van der Waals surface area contributed by atoms with Crippen LogP contribution in [0.2, 0.25) is 5.02 Å². The molecule has 1 fully saturated rings. The fraction of sp³-hybridized carbons (Fsp3) is 0. The normalized spacial score (nSPS) is 16.6. The van der Waals surface area contributed by atoms with Gasteiger partial charge in [-0.2, -0.15) is 0 Å². The summed E-state index contributed by atoms with van der Waals surface area (Å²) in [5.74, 6) is -0.0254. The number of amides is 1. The molecular weight excluding hydrogens is 338 g/mol. The number of phenols is 1. The summed E-state index contributed by atoms with van der Waals surface area (Å²) >= 11 is 12.4. The zero-order chi connectivity index (χ0) is 15.7. The van der Waals surface area contributed by atoms with Crippen LogP contribution in [0.25, 0.3) is 6.08 Å². The van der Waals surface area contributed by atoms with E-state index in [9.17, 15) is 9.90 Å². The molecule has 0 aliphatic carbocycles. The van der Waals surface area contributed by atoms with E-state index in [1.807, 2.05) is 6.07 Å². The summed E-state index contributed by atoms with van der Waals surface area (Å²) in [6, 6.07) is 13.7. The topological polar surface area (TPSA) is 40.5 Å². The number of thiocarbonyl (C=S) groups is 1. The SMILES string of the molecule is O=C1/C(=C/c2cccc(O)c2)SC(=S)N1c1ccc(Cl)cc1. The Bertz CT molecular complexity index is 787. The highest BCUT2D eigenvalue weighted by Gasteiger charge is 2.33. The van der Waals surface area contributed by atoms with Crippen molar-refractivity contribution in [1.29, 1.82) is 0 Å². The molecule has 1 aliphatic heterocycles. The van der Waals surface area contributed by atoms with Crippen molar-refractivity contribution in [3.05, 3.63) is 64.0 Å². The zero-order valence-electron chi connectivity index (χ0n) is 11.2. The number of phenolic OH excluding ortho intramolecular Hbond substituents is 1. The van der Waals surface area contributed by atoms with Crippen molar-refractivity contribution in [3.63, 3.8) is 0 Å². The van der Waals surface area contributed by atoms with Crippen molar-refractivity contribution in [3.8, 4) is 5.75 Å². The van der Waals surface area contributed by atoms with Gasteiger partial charge in [0, 0.05) is 5.02 Å². The molecule has 22 heavy (non-hydrogen) atoms. The van der Waals surface area contributed by atoms with Gasteiger partial charge in [-0.1, -0.05) is 47.7 Å². The highest BCUT2D eigenvalue weighted by molar-refractivity contribution is 8.27. The largest absolute Gasteiger partial charge is 0.508 e. The van der Waals surface area contributed by atoms with Crippen LogP contribution in [0.15, 0.2) is 53.4 Å². The molecule has 3 nitrogen and oxygen atoms in total. The van der Waals surface area contributed by atoms with Gasteiger partial charge in [-0.05, 0) is 48.0 Å². The van der Waals surface area contributed by atoms with Gasteiger partial charge >= 0.3 is 0 Å². The molecule has 1 aliphatic rings. The number of aromatic hydroxyl groups is 1. The molecular formula is C16H10ClNO2S2. The number of hydrogen-bond donors (Lipinski definition) is 1. The van der Waals surface area contributed by atoms with E-state index in [2.05, 4.69) is 0 Å². The molecule has 110 valence electrons. The molecule has 2 aromatic carbocycles. The average Bonchev–Trinajstić information content (AvgIpc) is 2.75. The standard InChI is InChI=1S/C16H10ClNO2S2/c17-11-4-6-12(7-5-11)18-15(20)14(22-16(18)21)9-10-2-1-3-13(19)8-10/h1-9,19H/b14-9-. The molecule has 0 unspecified atom stereocenters. The van der Waals surface area contributed by atoms with E-state index in [0.717, 1.165) is 5.56 Å². The fourth-order valence-electron chi connectivity index (χ4n) is 2.05. The summed E-state index contributed by atoms with van der Waals surface area (Å²) < 4.78 is 0.471. The highest BCUT2D eigenvalue weighted by Crippen LogP contribution is 2.36. The third-order valence-corrected chi connectivity index (χ3v) is 4.60. The molecule has 0 spiro atoms. The summed E-state index contributed by atoms with van der Waals surface area (Å²) in [7, 11) is 0. The Morgan fingerprint density at radius 3 is 2.59 bits per heavy atom. The van der Waals surface area contributed by atoms with Crippen molar-refractivity contribution >= 4 is 57.6 Å². The lowest BCUT2D eigenvalue weighted by molar-refractivity contribution is -0.113. The van der Waals surface area contributed by atoms with Gasteiger partial charge < -0.3 is 5.11 Å². The molecule has 0 radical (unpaired) electrons. The molecule has 1 saturated heterocycles. The summed E-state index contributed by atoms with van der Waals surface area (Å²) in [5, 5.41) is 10.1. The van der Waals surface area contributed by atoms with E-state index < -0.39 is 0 Å². The predicted octanol–water partition coefficient (Wildman–Crippen LogP) is 4.45. The maximum atomic E-state index is 12.5. The van der Waals surface area contributed by atoms with Crippen molar-refractivity contribution < 1.29 is 9.90 Å². The molecule has 0 atom stereocenters. The molecule has 1 N–H and O–H groups in total. The lowest BCUT2D eigenvalue weighted by Crippen LogP contribution is -2.27. The van der Waals surface area contributed by atoms with Crippen LogP contribution in [0.5, 0.6) is 5.75 Å². The van der Waals surface area contributed by atoms with Gasteiger partial charge in [-0.3, -0.25) is 9.69 Å². The maximum absolute atomic E-state index is 12.5. The Kier molecular flexibility index (Phi) is 4.20. The first-order valence-corrected chi connectivity index (χ1v) is 7.97. The van der Waals surface area contributed by atoms with E-state index in [-0.39, 0.29) is 11.7 Å². The number of nitrogens with zero attached hydrogens (tertiary/aromatic N) is 1. The van der Waals surface area contributed by atoms with Crippen LogP contribution >= 0.6 is 35.6 Å². The third kappa shape index (κ3) is 3.02. The van der Waals surface area contributed by atoms with Crippen LogP contribution in [-0.4, -0.2) is 15.3 Å². The second kappa shape index (κ2) is 6.12. The molecule has 3 rings (SSSR count). The number of rotatable bonds is 2. The van der Waals surface area contributed by atoms with Crippen LogP contribution in [0.4, 0.5) is 5.69 Å². The van der Waals surface area contributed by atoms with Crippen molar-refractivity contribution in [2.24, 2.45) is 0 Å². The van der Waals surface area contributed by atoms with E-state index in [0.29, 0.717) is 19.9 Å². The van der Waals surface area contributed by atoms with E-state index in [4.69, 9.17) is 23.8 Å². The third-order valence-electron chi connectivity index (χ3n) is 3.05. The van der Waals surface area contributed by atoms with Crippen LogP contribution in [0.3, 0.4) is 0 Å². The van der Waals surface area contributed by atoms with Crippen molar-refractivity contribution in [2.45, 2.75) is 0 Å².